The number of H-pyrrole nitrogens is 1. The van der Waals surface area contributed by atoms with Gasteiger partial charge in [-0.05, 0) is 32.9 Å². The first kappa shape index (κ1) is 7.56. The average Bonchev–Trinajstić information content (AvgIpc) is 2.38. The van der Waals surface area contributed by atoms with Crippen molar-refractivity contribution in [1.82, 2.24) is 15.1 Å². The monoisotopic (exact) mass is 177 g/mol. The standard InChI is InChI=1S/C10H15N3/c1-7-9-6-13-4-2-8(3-5-13)10(9)12-11-7/h8H,2-6H2,1H3,(H,11,12). The molecule has 3 aliphatic rings. The van der Waals surface area contributed by atoms with Gasteiger partial charge in [-0.1, -0.05) is 0 Å². The Morgan fingerprint density at radius 3 is 2.92 bits per heavy atom. The van der Waals surface area contributed by atoms with Crippen molar-refractivity contribution < 1.29 is 0 Å². The van der Waals surface area contributed by atoms with Gasteiger partial charge in [0.2, 0.25) is 0 Å². The zero-order valence-electron chi connectivity index (χ0n) is 8.01. The Morgan fingerprint density at radius 1 is 1.38 bits per heavy atom. The van der Waals surface area contributed by atoms with E-state index in [9.17, 15) is 0 Å². The van der Waals surface area contributed by atoms with Gasteiger partial charge in [0.05, 0.1) is 5.69 Å². The van der Waals surface area contributed by atoms with E-state index in [1.54, 1.807) is 0 Å². The number of nitrogens with zero attached hydrogens (tertiary/aromatic N) is 2. The quantitative estimate of drug-likeness (QED) is 0.649. The molecule has 0 spiro atoms. The summed E-state index contributed by atoms with van der Waals surface area (Å²) in [6, 6.07) is 0. The van der Waals surface area contributed by atoms with Crippen LogP contribution in [0.4, 0.5) is 0 Å². The largest absolute Gasteiger partial charge is 0.299 e. The smallest absolute Gasteiger partial charge is 0.0701 e. The maximum Gasteiger partial charge on any atom is 0.0701 e. The molecule has 0 unspecified atom stereocenters. The molecule has 1 fully saturated rings. The summed E-state index contributed by atoms with van der Waals surface area (Å²) in [5.74, 6) is 0.735. The minimum atomic E-state index is 0.735. The molecule has 13 heavy (non-hydrogen) atoms. The Labute approximate surface area is 78.1 Å². The SMILES string of the molecule is Cc1[nH]nc2c1CN1CCC2CC1. The van der Waals surface area contributed by atoms with Crippen molar-refractivity contribution >= 4 is 0 Å². The lowest BCUT2D eigenvalue weighted by molar-refractivity contribution is 0.219. The van der Waals surface area contributed by atoms with E-state index < -0.39 is 0 Å². The predicted molar refractivity (Wildman–Crippen MR) is 50.6 cm³/mol. The first-order valence-corrected chi connectivity index (χ1v) is 5.10. The Balaban J connectivity index is 2.11. The molecule has 2 bridgehead atoms. The molecule has 3 nitrogen and oxygen atoms in total. The summed E-state index contributed by atoms with van der Waals surface area (Å²) < 4.78 is 0. The van der Waals surface area contributed by atoms with Gasteiger partial charge in [0.1, 0.15) is 0 Å². The topological polar surface area (TPSA) is 31.9 Å². The summed E-state index contributed by atoms with van der Waals surface area (Å²) in [7, 11) is 0. The molecule has 70 valence electrons. The van der Waals surface area contributed by atoms with Gasteiger partial charge in [0.25, 0.3) is 0 Å². The summed E-state index contributed by atoms with van der Waals surface area (Å²) in [6.07, 6.45) is 2.61. The fourth-order valence-corrected chi connectivity index (χ4v) is 2.60. The average molecular weight is 177 g/mol. The molecule has 1 aromatic rings. The zero-order valence-corrected chi connectivity index (χ0v) is 8.01. The minimum absolute atomic E-state index is 0.735. The molecule has 0 aliphatic carbocycles. The molecule has 0 atom stereocenters. The van der Waals surface area contributed by atoms with Crippen LogP contribution in [-0.4, -0.2) is 28.2 Å². The molecular formula is C10H15N3. The molecular weight excluding hydrogens is 162 g/mol. The Kier molecular flexibility index (Phi) is 1.50. The summed E-state index contributed by atoms with van der Waals surface area (Å²) in [5, 5.41) is 7.56. The van der Waals surface area contributed by atoms with E-state index in [1.807, 2.05) is 0 Å². The van der Waals surface area contributed by atoms with Crippen molar-refractivity contribution in [3.05, 3.63) is 17.0 Å². The second-order valence-corrected chi connectivity index (χ2v) is 4.26. The number of hydrogen-bond donors (Lipinski definition) is 1. The lowest BCUT2D eigenvalue weighted by Crippen LogP contribution is -2.29. The third kappa shape index (κ3) is 1.03. The highest BCUT2D eigenvalue weighted by molar-refractivity contribution is 5.29. The molecule has 3 aliphatic heterocycles. The van der Waals surface area contributed by atoms with E-state index in [4.69, 9.17) is 0 Å². The van der Waals surface area contributed by atoms with Crippen LogP contribution >= 0.6 is 0 Å². The van der Waals surface area contributed by atoms with Crippen LogP contribution in [0.1, 0.15) is 35.7 Å². The van der Waals surface area contributed by atoms with E-state index in [1.165, 1.54) is 42.9 Å². The van der Waals surface area contributed by atoms with E-state index in [-0.39, 0.29) is 0 Å². The molecule has 1 aromatic heterocycles. The van der Waals surface area contributed by atoms with Crippen LogP contribution in [0.25, 0.3) is 0 Å². The van der Waals surface area contributed by atoms with Crippen LogP contribution in [0, 0.1) is 6.92 Å². The molecule has 3 heteroatoms. The van der Waals surface area contributed by atoms with E-state index in [0.29, 0.717) is 0 Å². The van der Waals surface area contributed by atoms with Crippen LogP contribution in [0.5, 0.6) is 0 Å². The highest BCUT2D eigenvalue weighted by Crippen LogP contribution is 2.35. The summed E-state index contributed by atoms with van der Waals surface area (Å²) >= 11 is 0. The van der Waals surface area contributed by atoms with Crippen LogP contribution in [0.15, 0.2) is 0 Å². The van der Waals surface area contributed by atoms with Gasteiger partial charge in [-0.25, -0.2) is 0 Å². The fraction of sp³-hybridized carbons (Fsp3) is 0.700. The van der Waals surface area contributed by atoms with Gasteiger partial charge in [0.15, 0.2) is 0 Å². The molecule has 0 saturated carbocycles. The van der Waals surface area contributed by atoms with E-state index in [0.717, 1.165) is 12.5 Å². The molecule has 0 aromatic carbocycles. The highest BCUT2D eigenvalue weighted by Gasteiger charge is 2.30. The molecule has 1 saturated heterocycles. The zero-order chi connectivity index (χ0) is 8.84. The van der Waals surface area contributed by atoms with E-state index in [2.05, 4.69) is 22.0 Å². The first-order chi connectivity index (χ1) is 6.34. The van der Waals surface area contributed by atoms with Crippen LogP contribution < -0.4 is 0 Å². The van der Waals surface area contributed by atoms with Gasteiger partial charge in [-0.3, -0.25) is 10.00 Å². The Bertz CT molecular complexity index is 321. The molecule has 0 radical (unpaired) electrons. The number of nitrogens with one attached hydrogen (secondary N) is 1. The van der Waals surface area contributed by atoms with Crippen LogP contribution in [0.3, 0.4) is 0 Å². The maximum absolute atomic E-state index is 4.44. The molecule has 4 rings (SSSR count). The lowest BCUT2D eigenvalue weighted by Gasteiger charge is -2.26. The summed E-state index contributed by atoms with van der Waals surface area (Å²) in [4.78, 5) is 2.55. The van der Waals surface area contributed by atoms with Crippen molar-refractivity contribution in [2.24, 2.45) is 0 Å². The third-order valence-electron chi connectivity index (χ3n) is 3.46. The van der Waals surface area contributed by atoms with Gasteiger partial charge in [-0.15, -0.1) is 0 Å². The van der Waals surface area contributed by atoms with Crippen molar-refractivity contribution in [3.8, 4) is 0 Å². The lowest BCUT2D eigenvalue weighted by atomic mass is 9.94. The highest BCUT2D eigenvalue weighted by atomic mass is 15.2. The number of aromatic nitrogens is 2. The first-order valence-electron chi connectivity index (χ1n) is 5.10. The molecule has 4 heterocycles. The minimum Gasteiger partial charge on any atom is -0.299 e. The van der Waals surface area contributed by atoms with Crippen LogP contribution in [-0.2, 0) is 6.54 Å². The van der Waals surface area contributed by atoms with Crippen molar-refractivity contribution in [3.63, 3.8) is 0 Å². The molecule has 0 amide bonds. The van der Waals surface area contributed by atoms with Gasteiger partial charge in [-0.2, -0.15) is 5.10 Å². The van der Waals surface area contributed by atoms with Gasteiger partial charge < -0.3 is 0 Å². The van der Waals surface area contributed by atoms with Crippen LogP contribution in [0.2, 0.25) is 0 Å². The van der Waals surface area contributed by atoms with Gasteiger partial charge in [0, 0.05) is 23.7 Å². The number of aromatic amines is 1. The second-order valence-electron chi connectivity index (χ2n) is 4.26. The Hall–Kier alpha value is -0.830. The fourth-order valence-electron chi connectivity index (χ4n) is 2.60. The normalized spacial score (nSPS) is 31.5. The number of rotatable bonds is 0. The van der Waals surface area contributed by atoms with Crippen molar-refractivity contribution in [2.45, 2.75) is 32.2 Å². The summed E-state index contributed by atoms with van der Waals surface area (Å²) in [5.41, 5.74) is 4.10. The second kappa shape index (κ2) is 2.58. The summed E-state index contributed by atoms with van der Waals surface area (Å²) in [6.45, 7) is 5.78. The van der Waals surface area contributed by atoms with E-state index >= 15 is 0 Å². The number of fused-ring (bicyclic) bond motifs is 2. The third-order valence-corrected chi connectivity index (χ3v) is 3.46. The maximum atomic E-state index is 4.44. The molecule has 1 N–H and O–H groups in total. The Morgan fingerprint density at radius 2 is 2.15 bits per heavy atom. The predicted octanol–water partition coefficient (Wildman–Crippen LogP) is 1.41. The number of piperidine rings is 1. The van der Waals surface area contributed by atoms with Crippen molar-refractivity contribution in [1.29, 1.82) is 0 Å². The number of hydrogen-bond acceptors (Lipinski definition) is 2. The van der Waals surface area contributed by atoms with Gasteiger partial charge >= 0.3 is 0 Å². The van der Waals surface area contributed by atoms with Crippen molar-refractivity contribution in [2.75, 3.05) is 13.1 Å². The number of aryl methyl sites for hydroxylation is 1.